The Morgan fingerprint density at radius 2 is 2.16 bits per heavy atom. The molecule has 2 aliphatic heterocycles. The molecular weight excluding hydrogens is 329 g/mol. The van der Waals surface area contributed by atoms with Crippen LogP contribution in [0.5, 0.6) is 0 Å². The van der Waals surface area contributed by atoms with Crippen molar-refractivity contribution in [3.05, 3.63) is 24.0 Å². The van der Waals surface area contributed by atoms with Gasteiger partial charge in [-0.1, -0.05) is 6.92 Å². The molecule has 25 heavy (non-hydrogen) atoms. The fraction of sp³-hybridized carbons (Fsp3) is 0.529. The molecule has 3 rings (SSSR count). The van der Waals surface area contributed by atoms with Gasteiger partial charge in [0.05, 0.1) is 30.6 Å². The van der Waals surface area contributed by atoms with Gasteiger partial charge in [0.25, 0.3) is 0 Å². The van der Waals surface area contributed by atoms with E-state index in [9.17, 15) is 19.1 Å². The number of cyclic esters (lactones) is 1. The SMILES string of the molecule is CC(=O)NCC1CN(c2ccc(N3C[C@@H](C)[C@H](O)C3)c(F)c2)C(=O)O1. The Morgan fingerprint density at radius 3 is 2.76 bits per heavy atom. The monoisotopic (exact) mass is 351 g/mol. The molecule has 0 radical (unpaired) electrons. The Balaban J connectivity index is 1.70. The minimum absolute atomic E-state index is 0.0853. The highest BCUT2D eigenvalue weighted by Crippen LogP contribution is 2.30. The van der Waals surface area contributed by atoms with Crippen LogP contribution in [-0.2, 0) is 9.53 Å². The van der Waals surface area contributed by atoms with Crippen LogP contribution in [0.1, 0.15) is 13.8 Å². The molecule has 1 unspecified atom stereocenters. The highest BCUT2D eigenvalue weighted by Gasteiger charge is 2.34. The van der Waals surface area contributed by atoms with Gasteiger partial charge in [-0.15, -0.1) is 0 Å². The number of hydrogen-bond donors (Lipinski definition) is 2. The maximum Gasteiger partial charge on any atom is 0.414 e. The Morgan fingerprint density at radius 1 is 1.40 bits per heavy atom. The van der Waals surface area contributed by atoms with E-state index in [0.717, 1.165) is 0 Å². The van der Waals surface area contributed by atoms with Gasteiger partial charge in [-0.25, -0.2) is 9.18 Å². The Labute approximate surface area is 145 Å². The number of β-amino-alcohol motifs (C(OH)–C–C–N with tert-alkyl or cyclic N) is 1. The lowest BCUT2D eigenvalue weighted by Crippen LogP contribution is -2.33. The van der Waals surface area contributed by atoms with Crippen molar-refractivity contribution in [1.29, 1.82) is 0 Å². The number of nitrogens with one attached hydrogen (secondary N) is 1. The number of hydrogen-bond acceptors (Lipinski definition) is 5. The van der Waals surface area contributed by atoms with Gasteiger partial charge < -0.3 is 20.1 Å². The Hall–Kier alpha value is -2.35. The van der Waals surface area contributed by atoms with Crippen LogP contribution in [0.25, 0.3) is 0 Å². The van der Waals surface area contributed by atoms with Crippen molar-refractivity contribution in [1.82, 2.24) is 5.32 Å². The van der Waals surface area contributed by atoms with Gasteiger partial charge in [-0.3, -0.25) is 9.69 Å². The van der Waals surface area contributed by atoms with Crippen LogP contribution in [0.3, 0.4) is 0 Å². The summed E-state index contributed by atoms with van der Waals surface area (Å²) in [6.07, 6.45) is -1.50. The van der Waals surface area contributed by atoms with Gasteiger partial charge in [0.2, 0.25) is 5.91 Å². The van der Waals surface area contributed by atoms with Gasteiger partial charge >= 0.3 is 6.09 Å². The minimum Gasteiger partial charge on any atom is -0.442 e. The van der Waals surface area contributed by atoms with E-state index in [1.807, 2.05) is 6.92 Å². The quantitative estimate of drug-likeness (QED) is 0.849. The summed E-state index contributed by atoms with van der Waals surface area (Å²) in [6, 6.07) is 4.58. The molecule has 0 saturated carbocycles. The summed E-state index contributed by atoms with van der Waals surface area (Å²) in [4.78, 5) is 26.1. The van der Waals surface area contributed by atoms with Crippen molar-refractivity contribution in [2.75, 3.05) is 36.0 Å². The lowest BCUT2D eigenvalue weighted by Gasteiger charge is -2.20. The second-order valence-electron chi connectivity index (χ2n) is 6.64. The number of aliphatic hydroxyl groups excluding tert-OH is 1. The molecule has 2 N–H and O–H groups in total. The van der Waals surface area contributed by atoms with E-state index in [2.05, 4.69) is 5.32 Å². The third-order valence-electron chi connectivity index (χ3n) is 4.61. The van der Waals surface area contributed by atoms with Crippen LogP contribution >= 0.6 is 0 Å². The minimum atomic E-state index is -0.562. The van der Waals surface area contributed by atoms with E-state index in [-0.39, 0.29) is 24.9 Å². The van der Waals surface area contributed by atoms with Gasteiger partial charge in [0, 0.05) is 25.9 Å². The lowest BCUT2D eigenvalue weighted by molar-refractivity contribution is -0.119. The Kier molecular flexibility index (Phi) is 4.80. The van der Waals surface area contributed by atoms with Crippen molar-refractivity contribution >= 4 is 23.4 Å². The molecule has 3 atom stereocenters. The summed E-state index contributed by atoms with van der Waals surface area (Å²) in [7, 11) is 0. The summed E-state index contributed by atoms with van der Waals surface area (Å²) in [6.45, 7) is 4.76. The van der Waals surface area contributed by atoms with Crippen molar-refractivity contribution in [2.45, 2.75) is 26.1 Å². The van der Waals surface area contributed by atoms with E-state index in [1.165, 1.54) is 17.9 Å². The summed E-state index contributed by atoms with van der Waals surface area (Å²) >= 11 is 0. The van der Waals surface area contributed by atoms with Gasteiger partial charge in [0.1, 0.15) is 11.9 Å². The molecule has 1 aromatic rings. The van der Waals surface area contributed by atoms with E-state index < -0.39 is 24.1 Å². The smallest absolute Gasteiger partial charge is 0.414 e. The van der Waals surface area contributed by atoms with Crippen LogP contribution in [0.15, 0.2) is 18.2 Å². The molecule has 0 bridgehead atoms. The zero-order chi connectivity index (χ0) is 18.1. The molecule has 8 heteroatoms. The predicted octanol–water partition coefficient (Wildman–Crippen LogP) is 1.10. The number of aliphatic hydroxyl groups is 1. The van der Waals surface area contributed by atoms with Crippen LogP contribution in [0.4, 0.5) is 20.6 Å². The van der Waals surface area contributed by atoms with E-state index >= 15 is 0 Å². The number of carbonyl (C=O) groups is 2. The van der Waals surface area contributed by atoms with Crippen LogP contribution < -0.4 is 15.1 Å². The average Bonchev–Trinajstić information content (AvgIpc) is 3.08. The fourth-order valence-corrected chi connectivity index (χ4v) is 3.16. The summed E-state index contributed by atoms with van der Waals surface area (Å²) < 4.78 is 19.7. The number of rotatable bonds is 4. The molecule has 2 aliphatic rings. The molecule has 2 saturated heterocycles. The normalized spacial score (nSPS) is 26.1. The summed E-state index contributed by atoms with van der Waals surface area (Å²) in [5.74, 6) is -0.564. The van der Waals surface area contributed by atoms with Gasteiger partial charge in [-0.05, 0) is 18.2 Å². The molecule has 0 aromatic heterocycles. The summed E-state index contributed by atoms with van der Waals surface area (Å²) in [5, 5.41) is 12.4. The van der Waals surface area contributed by atoms with E-state index in [0.29, 0.717) is 24.5 Å². The van der Waals surface area contributed by atoms with Crippen molar-refractivity contribution in [3.63, 3.8) is 0 Å². The van der Waals surface area contributed by atoms with E-state index in [4.69, 9.17) is 4.74 Å². The molecule has 2 amide bonds. The predicted molar refractivity (Wildman–Crippen MR) is 90.1 cm³/mol. The van der Waals surface area contributed by atoms with Gasteiger partial charge in [-0.2, -0.15) is 0 Å². The first-order chi connectivity index (χ1) is 11.8. The summed E-state index contributed by atoms with van der Waals surface area (Å²) in [5.41, 5.74) is 0.818. The highest BCUT2D eigenvalue weighted by atomic mass is 19.1. The molecule has 1 aromatic carbocycles. The highest BCUT2D eigenvalue weighted by molar-refractivity contribution is 5.90. The van der Waals surface area contributed by atoms with Crippen LogP contribution in [0.2, 0.25) is 0 Å². The maximum absolute atomic E-state index is 14.5. The number of amides is 2. The standard InChI is InChI=1S/C17H22FN3O4/c1-10-7-20(9-16(10)23)15-4-3-12(5-14(15)18)21-8-13(25-17(21)24)6-19-11(2)22/h3-5,10,13,16,23H,6-9H2,1-2H3,(H,19,22)/t10-,13?,16-/m1/s1. The average molecular weight is 351 g/mol. The number of halogens is 1. The molecular formula is C17H22FN3O4. The number of ether oxygens (including phenoxy) is 1. The second-order valence-corrected chi connectivity index (χ2v) is 6.64. The van der Waals surface area contributed by atoms with E-state index in [1.54, 1.807) is 17.0 Å². The lowest BCUT2D eigenvalue weighted by atomic mass is 10.1. The van der Waals surface area contributed by atoms with Gasteiger partial charge in [0.15, 0.2) is 0 Å². The number of nitrogens with zero attached hydrogens (tertiary/aromatic N) is 2. The number of carbonyl (C=O) groups excluding carboxylic acids is 2. The molecule has 0 aliphatic carbocycles. The Bertz CT molecular complexity index is 674. The molecule has 136 valence electrons. The first kappa shape index (κ1) is 17.5. The third kappa shape index (κ3) is 3.68. The topological polar surface area (TPSA) is 82.1 Å². The van der Waals surface area contributed by atoms with Crippen molar-refractivity contribution in [2.24, 2.45) is 5.92 Å². The fourth-order valence-electron chi connectivity index (χ4n) is 3.16. The van der Waals surface area contributed by atoms with Crippen molar-refractivity contribution < 1.29 is 23.8 Å². The largest absolute Gasteiger partial charge is 0.442 e. The molecule has 7 nitrogen and oxygen atoms in total. The third-order valence-corrected chi connectivity index (χ3v) is 4.61. The first-order valence-electron chi connectivity index (χ1n) is 8.30. The number of anilines is 2. The number of benzene rings is 1. The van der Waals surface area contributed by atoms with Crippen LogP contribution in [-0.4, -0.2) is 55.5 Å². The zero-order valence-corrected chi connectivity index (χ0v) is 14.2. The molecule has 2 heterocycles. The first-order valence-corrected chi connectivity index (χ1v) is 8.30. The molecule has 2 fully saturated rings. The van der Waals surface area contributed by atoms with Crippen molar-refractivity contribution in [3.8, 4) is 0 Å². The molecule has 0 spiro atoms. The second kappa shape index (κ2) is 6.87. The zero-order valence-electron chi connectivity index (χ0n) is 14.2. The van der Waals surface area contributed by atoms with Crippen LogP contribution in [0, 0.1) is 11.7 Å². The maximum atomic E-state index is 14.5.